The molecule has 1 atom stereocenters. The Morgan fingerprint density at radius 1 is 1.07 bits per heavy atom. The molecular formula is C23H26N2O5. The third kappa shape index (κ3) is 5.59. The van der Waals surface area contributed by atoms with Crippen LogP contribution in [0, 0.1) is 0 Å². The Morgan fingerprint density at radius 3 is 2.67 bits per heavy atom. The van der Waals surface area contributed by atoms with Crippen LogP contribution in [-0.4, -0.2) is 37.5 Å². The first-order valence-electron chi connectivity index (χ1n) is 10.1. The van der Waals surface area contributed by atoms with E-state index in [2.05, 4.69) is 16.7 Å². The highest BCUT2D eigenvalue weighted by Gasteiger charge is 2.22. The van der Waals surface area contributed by atoms with E-state index in [0.717, 1.165) is 24.8 Å². The van der Waals surface area contributed by atoms with Gasteiger partial charge in [0, 0.05) is 0 Å². The minimum absolute atomic E-state index is 0.0732. The number of ether oxygens (including phenoxy) is 2. The molecule has 0 saturated carbocycles. The van der Waals surface area contributed by atoms with Crippen molar-refractivity contribution in [3.63, 3.8) is 0 Å². The number of hydrogen-bond acceptors (Lipinski definition) is 5. The Bertz CT molecular complexity index is 912. The minimum atomic E-state index is -0.684. The smallest absolute Gasteiger partial charge is 0.325 e. The van der Waals surface area contributed by atoms with Gasteiger partial charge in [0.25, 0.3) is 11.8 Å². The Labute approximate surface area is 175 Å². The second-order valence-electron chi connectivity index (χ2n) is 6.98. The van der Waals surface area contributed by atoms with Crippen molar-refractivity contribution in [3.8, 4) is 5.75 Å². The van der Waals surface area contributed by atoms with Crippen LogP contribution in [0.4, 0.5) is 0 Å². The van der Waals surface area contributed by atoms with E-state index in [4.69, 9.17) is 9.47 Å². The highest BCUT2D eigenvalue weighted by Crippen LogP contribution is 2.29. The van der Waals surface area contributed by atoms with E-state index >= 15 is 0 Å². The highest BCUT2D eigenvalue weighted by atomic mass is 16.5. The molecule has 0 unspecified atom stereocenters. The van der Waals surface area contributed by atoms with Gasteiger partial charge in [-0.25, -0.2) is 0 Å². The Morgan fingerprint density at radius 2 is 1.83 bits per heavy atom. The molecule has 0 saturated heterocycles. The lowest BCUT2D eigenvalue weighted by atomic mass is 9.88. The van der Waals surface area contributed by atoms with Crippen LogP contribution in [-0.2, 0) is 20.7 Å². The minimum Gasteiger partial charge on any atom is -0.493 e. The van der Waals surface area contributed by atoms with Gasteiger partial charge in [-0.2, -0.15) is 0 Å². The zero-order chi connectivity index (χ0) is 21.3. The van der Waals surface area contributed by atoms with Gasteiger partial charge in [0.2, 0.25) is 0 Å². The fraction of sp³-hybridized carbons (Fsp3) is 0.348. The molecule has 0 spiro atoms. The maximum atomic E-state index is 12.3. The van der Waals surface area contributed by atoms with Gasteiger partial charge in [-0.1, -0.05) is 36.4 Å². The Balaban J connectivity index is 1.44. The maximum absolute atomic E-state index is 12.3. The molecule has 0 radical (unpaired) electrons. The van der Waals surface area contributed by atoms with Crippen LogP contribution in [0.2, 0.25) is 0 Å². The number of rotatable bonds is 8. The first kappa shape index (κ1) is 21.4. The van der Waals surface area contributed by atoms with Gasteiger partial charge in [0.15, 0.2) is 6.61 Å². The molecule has 0 aliphatic heterocycles. The fourth-order valence-corrected chi connectivity index (χ4v) is 3.52. The predicted octanol–water partition coefficient (Wildman–Crippen LogP) is 2.55. The molecule has 1 aliphatic carbocycles. The van der Waals surface area contributed by atoms with Gasteiger partial charge in [0.1, 0.15) is 12.3 Å². The van der Waals surface area contributed by atoms with Crippen molar-refractivity contribution in [2.24, 2.45) is 0 Å². The average molecular weight is 410 g/mol. The number of para-hydroxylation sites is 1. The van der Waals surface area contributed by atoms with Gasteiger partial charge in [-0.05, 0) is 49.4 Å². The number of carbonyl (C=O) groups is 3. The number of hydrogen-bond donors (Lipinski definition) is 2. The summed E-state index contributed by atoms with van der Waals surface area (Å²) in [5.74, 6) is -1.05. The number of carbonyl (C=O) groups excluding carboxylic acids is 3. The van der Waals surface area contributed by atoms with Crippen LogP contribution in [0.15, 0.2) is 48.5 Å². The van der Waals surface area contributed by atoms with E-state index in [9.17, 15) is 14.4 Å². The molecule has 7 heteroatoms. The summed E-state index contributed by atoms with van der Waals surface area (Å²) in [6, 6.07) is 14.7. The van der Waals surface area contributed by atoms with Gasteiger partial charge in [0.05, 0.1) is 18.2 Å². The summed E-state index contributed by atoms with van der Waals surface area (Å²) in [6.07, 6.45) is 2.85. The van der Waals surface area contributed by atoms with E-state index in [1.54, 1.807) is 24.3 Å². The first-order valence-corrected chi connectivity index (χ1v) is 10.1. The van der Waals surface area contributed by atoms with E-state index in [1.165, 1.54) is 5.56 Å². The molecule has 0 bridgehead atoms. The number of fused-ring (bicyclic) bond motifs is 1. The van der Waals surface area contributed by atoms with Crippen LogP contribution in [0.3, 0.4) is 0 Å². The Hall–Kier alpha value is -3.35. The number of aryl methyl sites for hydroxylation is 1. The molecule has 3 rings (SSSR count). The van der Waals surface area contributed by atoms with Crippen LogP contribution < -0.4 is 15.4 Å². The number of esters is 1. The second kappa shape index (κ2) is 10.4. The van der Waals surface area contributed by atoms with E-state index in [-0.39, 0.29) is 25.1 Å². The van der Waals surface area contributed by atoms with Crippen molar-refractivity contribution >= 4 is 17.8 Å². The molecule has 30 heavy (non-hydrogen) atoms. The lowest BCUT2D eigenvalue weighted by Crippen LogP contribution is -2.36. The van der Waals surface area contributed by atoms with Crippen LogP contribution in [0.25, 0.3) is 0 Å². The van der Waals surface area contributed by atoms with Crippen molar-refractivity contribution in [1.29, 1.82) is 0 Å². The predicted molar refractivity (Wildman–Crippen MR) is 111 cm³/mol. The molecule has 0 heterocycles. The van der Waals surface area contributed by atoms with Crippen molar-refractivity contribution in [1.82, 2.24) is 10.6 Å². The topological polar surface area (TPSA) is 93.7 Å². The molecule has 2 amide bonds. The lowest BCUT2D eigenvalue weighted by molar-refractivity contribution is -0.147. The third-order valence-corrected chi connectivity index (χ3v) is 4.89. The largest absolute Gasteiger partial charge is 0.493 e. The van der Waals surface area contributed by atoms with Crippen LogP contribution in [0.5, 0.6) is 5.75 Å². The first-order chi connectivity index (χ1) is 14.6. The van der Waals surface area contributed by atoms with Gasteiger partial charge in [-0.15, -0.1) is 0 Å². The van der Waals surface area contributed by atoms with E-state index < -0.39 is 11.9 Å². The summed E-state index contributed by atoms with van der Waals surface area (Å²) in [7, 11) is 0. The summed E-state index contributed by atoms with van der Waals surface area (Å²) in [4.78, 5) is 36.4. The van der Waals surface area contributed by atoms with Crippen molar-refractivity contribution in [3.05, 3.63) is 65.2 Å². The molecule has 1 aliphatic rings. The van der Waals surface area contributed by atoms with Gasteiger partial charge >= 0.3 is 5.97 Å². The number of nitrogens with one attached hydrogen (secondary N) is 2. The zero-order valence-corrected chi connectivity index (χ0v) is 17.0. The number of amides is 2. The summed E-state index contributed by atoms with van der Waals surface area (Å²) in [6.45, 7) is 1.53. The molecule has 2 aromatic rings. The SMILES string of the molecule is CCOc1ccccc1C(=O)NCC(=O)OCC(=O)N[C@H]1CCCc2ccccc21. The molecule has 2 N–H and O–H groups in total. The van der Waals surface area contributed by atoms with Crippen molar-refractivity contribution < 1.29 is 23.9 Å². The van der Waals surface area contributed by atoms with Gasteiger partial charge in [-0.3, -0.25) is 14.4 Å². The lowest BCUT2D eigenvalue weighted by Gasteiger charge is -2.26. The third-order valence-electron chi connectivity index (χ3n) is 4.89. The summed E-state index contributed by atoms with van der Waals surface area (Å²) in [5.41, 5.74) is 2.69. The molecular weight excluding hydrogens is 384 g/mol. The molecule has 0 aromatic heterocycles. The molecule has 7 nitrogen and oxygen atoms in total. The van der Waals surface area contributed by atoms with Crippen molar-refractivity contribution in [2.45, 2.75) is 32.2 Å². The van der Waals surface area contributed by atoms with E-state index in [1.807, 2.05) is 25.1 Å². The maximum Gasteiger partial charge on any atom is 0.325 e. The number of benzene rings is 2. The molecule has 2 aromatic carbocycles. The van der Waals surface area contributed by atoms with Crippen molar-refractivity contribution in [2.75, 3.05) is 19.8 Å². The average Bonchev–Trinajstić information content (AvgIpc) is 2.77. The fourth-order valence-electron chi connectivity index (χ4n) is 3.52. The standard InChI is InChI=1S/C23H26N2O5/c1-2-29-20-13-6-5-11-18(20)23(28)24-14-22(27)30-15-21(26)25-19-12-7-9-16-8-3-4-10-17(16)19/h3-6,8,10-11,13,19H,2,7,9,12,14-15H2,1H3,(H,24,28)(H,25,26)/t19-/m0/s1. The summed E-state index contributed by atoms with van der Waals surface area (Å²) >= 11 is 0. The van der Waals surface area contributed by atoms with Crippen LogP contribution >= 0.6 is 0 Å². The normalized spacial score (nSPS) is 14.9. The Kier molecular flexibility index (Phi) is 7.43. The highest BCUT2D eigenvalue weighted by molar-refractivity contribution is 5.98. The summed E-state index contributed by atoms with van der Waals surface area (Å²) in [5, 5.41) is 5.41. The summed E-state index contributed by atoms with van der Waals surface area (Å²) < 4.78 is 10.4. The van der Waals surface area contributed by atoms with Crippen LogP contribution in [0.1, 0.15) is 47.3 Å². The zero-order valence-electron chi connectivity index (χ0n) is 17.0. The monoisotopic (exact) mass is 410 g/mol. The van der Waals surface area contributed by atoms with Gasteiger partial charge < -0.3 is 20.1 Å². The quantitative estimate of drug-likeness (QED) is 0.653. The second-order valence-corrected chi connectivity index (χ2v) is 6.98. The molecule has 158 valence electrons. The van der Waals surface area contributed by atoms with E-state index in [0.29, 0.717) is 17.9 Å². The molecule has 0 fully saturated rings.